The molecule has 0 aliphatic carbocycles. The molecule has 0 atom stereocenters. The van der Waals surface area contributed by atoms with Gasteiger partial charge in [-0.1, -0.05) is 13.0 Å². The van der Waals surface area contributed by atoms with E-state index in [1.165, 1.54) is 28.6 Å². The van der Waals surface area contributed by atoms with Crippen molar-refractivity contribution < 1.29 is 13.5 Å². The quantitative estimate of drug-likeness (QED) is 0.879. The van der Waals surface area contributed by atoms with E-state index in [4.69, 9.17) is 0 Å². The first-order valence-electron chi connectivity index (χ1n) is 5.70. The highest BCUT2D eigenvalue weighted by Gasteiger charge is 2.26. The van der Waals surface area contributed by atoms with Crippen LogP contribution in [0, 0.1) is 0 Å². The maximum absolute atomic E-state index is 12.3. The van der Waals surface area contributed by atoms with Crippen LogP contribution in [0.3, 0.4) is 0 Å². The standard InChI is InChI=1S/C12H19NO3S/c1-4-8-13(10(2)3)17(15,16)12-7-5-6-11(14)9-12/h5-7,9-10,14H,4,8H2,1-3H3. The lowest BCUT2D eigenvalue weighted by atomic mass is 10.3. The number of hydrogen-bond donors (Lipinski definition) is 1. The molecular weight excluding hydrogens is 238 g/mol. The third-order valence-electron chi connectivity index (χ3n) is 2.44. The minimum atomic E-state index is -3.51. The molecule has 1 aromatic rings. The summed E-state index contributed by atoms with van der Waals surface area (Å²) >= 11 is 0. The fraction of sp³-hybridized carbons (Fsp3) is 0.500. The van der Waals surface area contributed by atoms with Crippen molar-refractivity contribution in [2.24, 2.45) is 0 Å². The van der Waals surface area contributed by atoms with Gasteiger partial charge in [-0.25, -0.2) is 8.42 Å². The van der Waals surface area contributed by atoms with Crippen molar-refractivity contribution in [3.05, 3.63) is 24.3 Å². The van der Waals surface area contributed by atoms with Crippen LogP contribution in [0.1, 0.15) is 27.2 Å². The molecule has 0 radical (unpaired) electrons. The summed E-state index contributed by atoms with van der Waals surface area (Å²) in [7, 11) is -3.51. The summed E-state index contributed by atoms with van der Waals surface area (Å²) < 4.78 is 26.1. The van der Waals surface area contributed by atoms with Crippen LogP contribution in [0.2, 0.25) is 0 Å². The first-order valence-corrected chi connectivity index (χ1v) is 7.14. The van der Waals surface area contributed by atoms with Gasteiger partial charge < -0.3 is 5.11 Å². The lowest BCUT2D eigenvalue weighted by Crippen LogP contribution is -2.37. The van der Waals surface area contributed by atoms with Crippen molar-refractivity contribution in [3.63, 3.8) is 0 Å². The van der Waals surface area contributed by atoms with E-state index in [1.54, 1.807) is 0 Å². The third-order valence-corrected chi connectivity index (χ3v) is 4.52. The van der Waals surface area contributed by atoms with Gasteiger partial charge in [0.25, 0.3) is 0 Å². The first-order chi connectivity index (χ1) is 7.89. The van der Waals surface area contributed by atoms with Gasteiger partial charge in [-0.3, -0.25) is 0 Å². The van der Waals surface area contributed by atoms with Gasteiger partial charge in [0.1, 0.15) is 5.75 Å². The van der Waals surface area contributed by atoms with Gasteiger partial charge in [0.2, 0.25) is 10.0 Å². The molecule has 0 saturated carbocycles. The molecule has 0 aromatic heterocycles. The van der Waals surface area contributed by atoms with E-state index in [-0.39, 0.29) is 16.7 Å². The molecule has 0 bridgehead atoms. The van der Waals surface area contributed by atoms with Crippen molar-refractivity contribution in [2.45, 2.75) is 38.1 Å². The lowest BCUT2D eigenvalue weighted by molar-refractivity contribution is 0.353. The second-order valence-corrected chi connectivity index (χ2v) is 6.10. The van der Waals surface area contributed by atoms with Crippen LogP contribution < -0.4 is 0 Å². The van der Waals surface area contributed by atoms with Crippen molar-refractivity contribution >= 4 is 10.0 Å². The molecular formula is C12H19NO3S. The zero-order chi connectivity index (χ0) is 13.1. The Hall–Kier alpha value is -1.07. The molecule has 96 valence electrons. The van der Waals surface area contributed by atoms with Gasteiger partial charge in [0.05, 0.1) is 4.90 Å². The van der Waals surface area contributed by atoms with Gasteiger partial charge in [0.15, 0.2) is 0 Å². The summed E-state index contributed by atoms with van der Waals surface area (Å²) in [5.41, 5.74) is 0. The molecule has 0 saturated heterocycles. The van der Waals surface area contributed by atoms with Gasteiger partial charge >= 0.3 is 0 Å². The highest BCUT2D eigenvalue weighted by atomic mass is 32.2. The Morgan fingerprint density at radius 3 is 2.47 bits per heavy atom. The maximum atomic E-state index is 12.3. The molecule has 0 amide bonds. The van der Waals surface area contributed by atoms with E-state index < -0.39 is 10.0 Å². The van der Waals surface area contributed by atoms with Gasteiger partial charge in [-0.2, -0.15) is 4.31 Å². The molecule has 0 heterocycles. The Morgan fingerprint density at radius 2 is 2.00 bits per heavy atom. The van der Waals surface area contributed by atoms with E-state index in [2.05, 4.69) is 0 Å². The van der Waals surface area contributed by atoms with Crippen LogP contribution >= 0.6 is 0 Å². The van der Waals surface area contributed by atoms with Crippen molar-refractivity contribution in [1.82, 2.24) is 4.31 Å². The zero-order valence-corrected chi connectivity index (χ0v) is 11.2. The molecule has 1 aromatic carbocycles. The average Bonchev–Trinajstić information content (AvgIpc) is 2.25. The van der Waals surface area contributed by atoms with Crippen LogP contribution in [0.5, 0.6) is 5.75 Å². The third kappa shape index (κ3) is 3.20. The largest absolute Gasteiger partial charge is 0.508 e. The van der Waals surface area contributed by atoms with Crippen molar-refractivity contribution in [1.29, 1.82) is 0 Å². The molecule has 0 fully saturated rings. The summed E-state index contributed by atoms with van der Waals surface area (Å²) in [6, 6.07) is 5.67. The predicted molar refractivity (Wildman–Crippen MR) is 67.4 cm³/mol. The van der Waals surface area contributed by atoms with E-state index in [9.17, 15) is 13.5 Å². The SMILES string of the molecule is CCCN(C(C)C)S(=O)(=O)c1cccc(O)c1. The highest BCUT2D eigenvalue weighted by molar-refractivity contribution is 7.89. The summed E-state index contributed by atoms with van der Waals surface area (Å²) in [5.74, 6) is -0.0359. The highest BCUT2D eigenvalue weighted by Crippen LogP contribution is 2.21. The summed E-state index contributed by atoms with van der Waals surface area (Å²) in [5, 5.41) is 9.34. The summed E-state index contributed by atoms with van der Waals surface area (Å²) in [6.45, 7) is 6.11. The number of aromatic hydroxyl groups is 1. The molecule has 5 heteroatoms. The second kappa shape index (κ2) is 5.51. The van der Waals surface area contributed by atoms with E-state index in [0.29, 0.717) is 6.54 Å². The van der Waals surface area contributed by atoms with Crippen molar-refractivity contribution in [3.8, 4) is 5.75 Å². The number of sulfonamides is 1. The minimum absolute atomic E-state index is 0.0359. The van der Waals surface area contributed by atoms with E-state index in [1.807, 2.05) is 20.8 Å². The Labute approximate surface area is 103 Å². The normalized spacial score (nSPS) is 12.3. The Balaban J connectivity index is 3.16. The number of benzene rings is 1. The molecule has 0 aliphatic rings. The van der Waals surface area contributed by atoms with Crippen molar-refractivity contribution in [2.75, 3.05) is 6.54 Å². The molecule has 4 nitrogen and oxygen atoms in total. The topological polar surface area (TPSA) is 57.6 Å². The number of nitrogens with zero attached hydrogens (tertiary/aromatic N) is 1. The fourth-order valence-corrected chi connectivity index (χ4v) is 3.42. The predicted octanol–water partition coefficient (Wildman–Crippen LogP) is 2.20. The van der Waals surface area contributed by atoms with Gasteiger partial charge in [-0.15, -0.1) is 0 Å². The number of hydrogen-bond acceptors (Lipinski definition) is 3. The fourth-order valence-electron chi connectivity index (χ4n) is 1.66. The van der Waals surface area contributed by atoms with Crippen LogP contribution in [-0.4, -0.2) is 30.4 Å². The van der Waals surface area contributed by atoms with E-state index >= 15 is 0 Å². The summed E-state index contributed by atoms with van der Waals surface area (Å²) in [6.07, 6.45) is 0.760. The van der Waals surface area contributed by atoms with Crippen LogP contribution in [0.4, 0.5) is 0 Å². The monoisotopic (exact) mass is 257 g/mol. The van der Waals surface area contributed by atoms with Crippen LogP contribution in [0.15, 0.2) is 29.2 Å². The average molecular weight is 257 g/mol. The second-order valence-electron chi connectivity index (χ2n) is 4.21. The lowest BCUT2D eigenvalue weighted by Gasteiger charge is -2.25. The minimum Gasteiger partial charge on any atom is -0.508 e. The van der Waals surface area contributed by atoms with E-state index in [0.717, 1.165) is 6.42 Å². The molecule has 0 unspecified atom stereocenters. The van der Waals surface area contributed by atoms with Crippen LogP contribution in [-0.2, 0) is 10.0 Å². The maximum Gasteiger partial charge on any atom is 0.243 e. The number of phenolic OH excluding ortho intramolecular Hbond substituents is 1. The first kappa shape index (κ1) is 14.0. The summed E-state index contributed by atoms with van der Waals surface area (Å²) in [4.78, 5) is 0.139. The number of phenols is 1. The Kier molecular flexibility index (Phi) is 4.54. The molecule has 0 spiro atoms. The zero-order valence-electron chi connectivity index (χ0n) is 10.4. The molecule has 1 rings (SSSR count). The smallest absolute Gasteiger partial charge is 0.243 e. The molecule has 0 aliphatic heterocycles. The van der Waals surface area contributed by atoms with Crippen LogP contribution in [0.25, 0.3) is 0 Å². The Morgan fingerprint density at radius 1 is 1.35 bits per heavy atom. The molecule has 17 heavy (non-hydrogen) atoms. The van der Waals surface area contributed by atoms with Gasteiger partial charge in [0, 0.05) is 12.6 Å². The van der Waals surface area contributed by atoms with Gasteiger partial charge in [-0.05, 0) is 38.5 Å². The Bertz CT molecular complexity index is 468. The molecule has 1 N–H and O–H groups in total. The number of rotatable bonds is 5.